The number of anilines is 1. The molecule has 3 aromatic carbocycles. The third-order valence-electron chi connectivity index (χ3n) is 5.69. The predicted octanol–water partition coefficient (Wildman–Crippen LogP) is 4.29. The van der Waals surface area contributed by atoms with Gasteiger partial charge in [0.15, 0.2) is 0 Å². The van der Waals surface area contributed by atoms with E-state index in [9.17, 15) is 13.2 Å². The van der Waals surface area contributed by atoms with Crippen LogP contribution in [0.2, 0.25) is 0 Å². The third-order valence-corrected chi connectivity index (χ3v) is 7.23. The fraction of sp³-hybridized carbons (Fsp3) is 0.240. The lowest BCUT2D eigenvalue weighted by molar-refractivity contribution is 0.0989. The highest BCUT2D eigenvalue weighted by Crippen LogP contribution is 2.30. The lowest BCUT2D eigenvalue weighted by Gasteiger charge is -2.18. The summed E-state index contributed by atoms with van der Waals surface area (Å²) in [6, 6.07) is 18.8. The maximum atomic E-state index is 13.0. The van der Waals surface area contributed by atoms with Crippen LogP contribution >= 0.6 is 0 Å². The Labute approximate surface area is 183 Å². The van der Waals surface area contributed by atoms with Gasteiger partial charge in [-0.05, 0) is 73.7 Å². The van der Waals surface area contributed by atoms with Gasteiger partial charge in [-0.15, -0.1) is 0 Å². The van der Waals surface area contributed by atoms with Crippen LogP contribution in [-0.4, -0.2) is 20.9 Å². The summed E-state index contributed by atoms with van der Waals surface area (Å²) in [4.78, 5) is 15.1. The highest BCUT2D eigenvalue weighted by molar-refractivity contribution is 7.89. The first-order valence-electron chi connectivity index (χ1n) is 10.3. The summed E-state index contributed by atoms with van der Waals surface area (Å²) in [5.74, 6) is -0.0353. The number of carbonyl (C=O) groups is 1. The van der Waals surface area contributed by atoms with Gasteiger partial charge in [0.25, 0.3) is 5.91 Å². The van der Waals surface area contributed by atoms with E-state index in [0.29, 0.717) is 22.6 Å². The number of aryl methyl sites for hydroxylation is 3. The number of nitrogens with one attached hydrogen (secondary N) is 1. The Morgan fingerprint density at radius 2 is 1.65 bits per heavy atom. The lowest BCUT2D eigenvalue weighted by Crippen LogP contribution is -2.29. The van der Waals surface area contributed by atoms with Gasteiger partial charge in [0.05, 0.1) is 4.90 Å². The Bertz CT molecular complexity index is 1250. The van der Waals surface area contributed by atoms with Crippen LogP contribution in [-0.2, 0) is 23.0 Å². The number of rotatable bonds is 5. The van der Waals surface area contributed by atoms with Gasteiger partial charge in [0, 0.05) is 24.3 Å². The van der Waals surface area contributed by atoms with Crippen LogP contribution in [0.5, 0.6) is 0 Å². The van der Waals surface area contributed by atoms with Gasteiger partial charge in [-0.1, -0.05) is 42.0 Å². The van der Waals surface area contributed by atoms with E-state index in [1.165, 1.54) is 0 Å². The molecule has 0 saturated carbocycles. The molecule has 160 valence electrons. The highest BCUT2D eigenvalue weighted by Gasteiger charge is 2.26. The molecule has 0 spiro atoms. The van der Waals surface area contributed by atoms with Crippen LogP contribution < -0.4 is 9.62 Å². The second-order valence-electron chi connectivity index (χ2n) is 8.13. The Hall–Kier alpha value is -2.96. The summed E-state index contributed by atoms with van der Waals surface area (Å²) in [6.07, 6.45) is 0.793. The first kappa shape index (κ1) is 21.3. The number of hydrogen-bond acceptors (Lipinski definition) is 3. The zero-order chi connectivity index (χ0) is 22.2. The predicted molar refractivity (Wildman–Crippen MR) is 123 cm³/mol. The number of hydrogen-bond donors (Lipinski definition) is 1. The Balaban J connectivity index is 1.54. The highest BCUT2D eigenvalue weighted by atomic mass is 32.2. The molecule has 4 rings (SSSR count). The molecule has 0 radical (unpaired) electrons. The molecule has 3 aromatic rings. The number of nitrogens with zero attached hydrogens (tertiary/aromatic N) is 1. The summed E-state index contributed by atoms with van der Waals surface area (Å²) in [5, 5.41) is 0. The molecule has 0 bridgehead atoms. The molecule has 0 saturated heterocycles. The summed E-state index contributed by atoms with van der Waals surface area (Å²) in [7, 11) is -3.63. The summed E-state index contributed by atoms with van der Waals surface area (Å²) in [6.45, 7) is 6.44. The molecule has 1 heterocycles. The minimum absolute atomic E-state index is 0.0353. The molecule has 1 N–H and O–H groups in total. The van der Waals surface area contributed by atoms with E-state index in [1.54, 1.807) is 17.9 Å². The Morgan fingerprint density at radius 1 is 0.935 bits per heavy atom. The van der Waals surface area contributed by atoms with Crippen molar-refractivity contribution in [2.24, 2.45) is 0 Å². The van der Waals surface area contributed by atoms with Gasteiger partial charge in [-0.2, -0.15) is 0 Å². The van der Waals surface area contributed by atoms with Gasteiger partial charge >= 0.3 is 0 Å². The van der Waals surface area contributed by atoms with Crippen molar-refractivity contribution in [3.05, 3.63) is 94.0 Å². The third kappa shape index (κ3) is 4.40. The van der Waals surface area contributed by atoms with E-state index in [1.807, 2.05) is 68.4 Å². The minimum atomic E-state index is -3.63. The smallest absolute Gasteiger partial charge is 0.258 e. The summed E-state index contributed by atoms with van der Waals surface area (Å²) < 4.78 is 28.3. The standard InChI is InChI=1S/C25H26N2O3S/c1-17-5-9-22(10-6-17)25(28)27-13-12-21-11-8-20(15-23(21)27)16-26-31(29,30)24-14-18(2)4-7-19(24)3/h4-11,14-15,26H,12-13,16H2,1-3H3. The number of sulfonamides is 1. The molecule has 0 unspecified atom stereocenters. The SMILES string of the molecule is Cc1ccc(C(=O)N2CCc3ccc(CNS(=O)(=O)c4cc(C)ccc4C)cc32)cc1. The van der Waals surface area contributed by atoms with Crippen LogP contribution in [0.15, 0.2) is 65.6 Å². The van der Waals surface area contributed by atoms with Crippen LogP contribution in [0.3, 0.4) is 0 Å². The summed E-state index contributed by atoms with van der Waals surface area (Å²) in [5.41, 5.74) is 6.14. The molecule has 0 aromatic heterocycles. The van der Waals surface area contributed by atoms with E-state index < -0.39 is 10.0 Å². The molecule has 1 amide bonds. The molecule has 5 nitrogen and oxygen atoms in total. The van der Waals surface area contributed by atoms with Gasteiger partial charge in [-0.3, -0.25) is 4.79 Å². The first-order valence-corrected chi connectivity index (χ1v) is 11.8. The van der Waals surface area contributed by atoms with Gasteiger partial charge in [0.1, 0.15) is 0 Å². The van der Waals surface area contributed by atoms with Crippen LogP contribution in [0.4, 0.5) is 5.69 Å². The van der Waals surface area contributed by atoms with Crippen molar-refractivity contribution in [1.82, 2.24) is 4.72 Å². The van der Waals surface area contributed by atoms with E-state index in [0.717, 1.165) is 34.4 Å². The van der Waals surface area contributed by atoms with E-state index in [2.05, 4.69) is 4.72 Å². The van der Waals surface area contributed by atoms with Gasteiger partial charge in [-0.25, -0.2) is 13.1 Å². The fourth-order valence-electron chi connectivity index (χ4n) is 3.85. The van der Waals surface area contributed by atoms with Crippen LogP contribution in [0, 0.1) is 20.8 Å². The monoisotopic (exact) mass is 434 g/mol. The molecule has 6 heteroatoms. The number of benzene rings is 3. The molecular formula is C25H26N2O3S. The molecule has 0 fully saturated rings. The molecule has 1 aliphatic rings. The minimum Gasteiger partial charge on any atom is -0.308 e. The van der Waals surface area contributed by atoms with E-state index >= 15 is 0 Å². The molecule has 0 aliphatic carbocycles. The molecule has 1 aliphatic heterocycles. The topological polar surface area (TPSA) is 66.5 Å². The van der Waals surface area contributed by atoms with Crippen molar-refractivity contribution in [3.63, 3.8) is 0 Å². The zero-order valence-corrected chi connectivity index (χ0v) is 18.8. The first-order chi connectivity index (χ1) is 14.7. The number of fused-ring (bicyclic) bond motifs is 1. The van der Waals surface area contributed by atoms with Crippen molar-refractivity contribution in [2.45, 2.75) is 38.6 Å². The van der Waals surface area contributed by atoms with Gasteiger partial charge < -0.3 is 4.90 Å². The van der Waals surface area contributed by atoms with Crippen molar-refractivity contribution in [1.29, 1.82) is 0 Å². The van der Waals surface area contributed by atoms with Crippen molar-refractivity contribution in [3.8, 4) is 0 Å². The van der Waals surface area contributed by atoms with Crippen LogP contribution in [0.25, 0.3) is 0 Å². The fourth-order valence-corrected chi connectivity index (χ4v) is 5.20. The zero-order valence-electron chi connectivity index (χ0n) is 18.0. The van der Waals surface area contributed by atoms with Crippen LogP contribution in [0.1, 0.15) is 38.2 Å². The Kier molecular flexibility index (Phi) is 5.69. The van der Waals surface area contributed by atoms with Crippen molar-refractivity contribution >= 4 is 21.6 Å². The molecule has 31 heavy (non-hydrogen) atoms. The second kappa shape index (κ2) is 8.29. The maximum Gasteiger partial charge on any atom is 0.258 e. The number of carbonyl (C=O) groups excluding carboxylic acids is 1. The largest absolute Gasteiger partial charge is 0.308 e. The molecular weight excluding hydrogens is 408 g/mol. The van der Waals surface area contributed by atoms with Crippen molar-refractivity contribution in [2.75, 3.05) is 11.4 Å². The average Bonchev–Trinajstić information content (AvgIpc) is 3.17. The van der Waals surface area contributed by atoms with Crippen molar-refractivity contribution < 1.29 is 13.2 Å². The normalized spacial score (nSPS) is 13.3. The van der Waals surface area contributed by atoms with E-state index in [-0.39, 0.29) is 12.5 Å². The van der Waals surface area contributed by atoms with Gasteiger partial charge in [0.2, 0.25) is 10.0 Å². The van der Waals surface area contributed by atoms with E-state index in [4.69, 9.17) is 0 Å². The average molecular weight is 435 g/mol. The number of amides is 1. The maximum absolute atomic E-state index is 13.0. The second-order valence-corrected chi connectivity index (χ2v) is 9.86. The molecule has 0 atom stereocenters. The lowest BCUT2D eigenvalue weighted by atomic mass is 10.1. The quantitative estimate of drug-likeness (QED) is 0.651. The Morgan fingerprint density at radius 3 is 2.39 bits per heavy atom. The summed E-state index contributed by atoms with van der Waals surface area (Å²) >= 11 is 0.